The van der Waals surface area contributed by atoms with Crippen LogP contribution in [0.5, 0.6) is 0 Å². The first-order chi connectivity index (χ1) is 39.7. The van der Waals surface area contributed by atoms with Crippen molar-refractivity contribution in [2.24, 2.45) is 0 Å². The molecule has 0 saturated heterocycles. The number of aromatic amines is 2. The number of H-pyrrole nitrogens is 2. The van der Waals surface area contributed by atoms with Crippen LogP contribution in [0.25, 0.3) is 92.7 Å². The molecule has 16 bridgehead atoms. The van der Waals surface area contributed by atoms with E-state index in [1.807, 2.05) is 25.3 Å². The van der Waals surface area contributed by atoms with Crippen molar-refractivity contribution in [3.8, 4) is 0 Å². The molecule has 6 aromatic heterocycles. The fourth-order valence-electron chi connectivity index (χ4n) is 9.94. The maximum atomic E-state index is 9.37. The van der Waals surface area contributed by atoms with Gasteiger partial charge in [0.2, 0.25) is 0 Å². The van der Waals surface area contributed by atoms with Crippen LogP contribution >= 0.6 is 0 Å². The summed E-state index contributed by atoms with van der Waals surface area (Å²) in [6, 6.07) is 17.3. The van der Waals surface area contributed by atoms with Crippen molar-refractivity contribution in [1.29, 1.82) is 0 Å². The van der Waals surface area contributed by atoms with Crippen molar-refractivity contribution in [2.45, 2.75) is 140 Å². The summed E-state index contributed by atoms with van der Waals surface area (Å²) in [4.78, 5) is 65.1. The average Bonchev–Trinajstić information content (AvgIpc) is 4.39. The predicted molar refractivity (Wildman–Crippen MR) is 338 cm³/mol. The smallest absolute Gasteiger partial charge is 0.657 e. The van der Waals surface area contributed by atoms with Gasteiger partial charge in [0.15, 0.2) is 6.20 Å². The number of nitrogens with one attached hydrogen (secondary N) is 3. The minimum atomic E-state index is -0.833. The van der Waals surface area contributed by atoms with Crippen LogP contribution in [-0.4, -0.2) is 58.3 Å². The largest absolute Gasteiger partial charge is 2.00 e. The molecule has 0 spiro atoms. The Labute approximate surface area is 498 Å². The van der Waals surface area contributed by atoms with Crippen LogP contribution in [0, 0.1) is 6.20 Å². The summed E-state index contributed by atoms with van der Waals surface area (Å²) in [5.74, 6) is -1.58. The number of aliphatic carboxylic acids is 2. The van der Waals surface area contributed by atoms with Crippen molar-refractivity contribution in [1.82, 2.24) is 45.2 Å². The molecule has 0 saturated carbocycles. The minimum absolute atomic E-state index is 0. The molecule has 0 amide bonds. The quantitative estimate of drug-likeness (QED) is 0.0491. The Morgan fingerprint density at radius 1 is 0.458 bits per heavy atom. The normalized spacial score (nSPS) is 11.7. The number of aromatic nitrogens is 8. The van der Waals surface area contributed by atoms with E-state index >= 15 is 0 Å². The Kier molecular flexibility index (Phi) is 25.4. The van der Waals surface area contributed by atoms with Gasteiger partial charge >= 0.3 is 23.0 Å². The summed E-state index contributed by atoms with van der Waals surface area (Å²) < 4.78 is 0. The third-order valence-corrected chi connectivity index (χ3v) is 14.0. The van der Waals surface area contributed by atoms with Crippen molar-refractivity contribution in [3.63, 3.8) is 0 Å². The molecule has 0 atom stereocenters. The molecule has 5 aliphatic rings. The van der Waals surface area contributed by atoms with Crippen molar-refractivity contribution in [3.05, 3.63) is 163 Å². The third kappa shape index (κ3) is 16.4. The molecule has 6 aromatic rings. The Morgan fingerprint density at radius 3 is 0.916 bits per heavy atom. The number of aryl methyl sites for hydroxylation is 7. The van der Waals surface area contributed by atoms with Crippen LogP contribution in [0.1, 0.15) is 179 Å². The fourth-order valence-corrected chi connectivity index (χ4v) is 9.94. The van der Waals surface area contributed by atoms with Gasteiger partial charge in [0.25, 0.3) is 5.97 Å². The average molecular weight is 1160 g/mol. The number of hydrogen-bond donors (Lipinski definition) is 5. The first-order valence-corrected chi connectivity index (χ1v) is 28.7. The second-order valence-corrected chi connectivity index (χ2v) is 19.2. The molecular weight excluding hydrogens is 1080 g/mol. The number of fused-ring (bicyclic) bond motifs is 16. The number of carbonyl (C=O) groups is 3. The van der Waals surface area contributed by atoms with Crippen molar-refractivity contribution in [2.75, 3.05) is 0 Å². The molecule has 431 valence electrons. The van der Waals surface area contributed by atoms with E-state index < -0.39 is 11.9 Å². The molecule has 14 nitrogen and oxygen atoms in total. The first kappa shape index (κ1) is 65.3. The third-order valence-electron chi connectivity index (χ3n) is 14.0. The van der Waals surface area contributed by atoms with Crippen LogP contribution in [0.15, 0.2) is 66.9 Å². The van der Waals surface area contributed by atoms with Gasteiger partial charge in [-0.3, -0.25) is 9.59 Å². The fraction of sp³-hybridized carbons (Fsp3) is 0.309. The predicted octanol–water partition coefficient (Wildman–Crippen LogP) is 14.7. The van der Waals surface area contributed by atoms with Gasteiger partial charge in [-0.2, -0.15) is 0 Å². The van der Waals surface area contributed by atoms with E-state index in [-0.39, 0.29) is 23.5 Å². The summed E-state index contributed by atoms with van der Waals surface area (Å²) in [6.45, 7) is 22.0. The van der Waals surface area contributed by atoms with Gasteiger partial charge in [-0.25, -0.2) is 25.3 Å². The van der Waals surface area contributed by atoms with Gasteiger partial charge in [0, 0.05) is 58.5 Å². The summed E-state index contributed by atoms with van der Waals surface area (Å²) in [7, 11) is 0. The van der Waals surface area contributed by atoms with Gasteiger partial charge in [-0.15, -0.1) is 22.1 Å². The van der Waals surface area contributed by atoms with Crippen LogP contribution in [0.3, 0.4) is 0 Å². The van der Waals surface area contributed by atoms with Crippen LogP contribution in [-0.2, 0) is 82.8 Å². The van der Waals surface area contributed by atoms with Gasteiger partial charge in [0.1, 0.15) is 24.6 Å². The van der Waals surface area contributed by atoms with Crippen molar-refractivity contribution < 1.29 is 41.7 Å². The molecule has 11 rings (SSSR count). The minimum Gasteiger partial charge on any atom is -0.657 e. The Bertz CT molecular complexity index is 3480. The zero-order valence-electron chi connectivity index (χ0n) is 49.8. The monoisotopic (exact) mass is 1160 g/mol. The number of aldehydes is 1. The van der Waals surface area contributed by atoms with Crippen LogP contribution in [0.2, 0.25) is 0 Å². The maximum Gasteiger partial charge on any atom is 2.00 e. The molecule has 0 fully saturated rings. The van der Waals surface area contributed by atoms with Crippen LogP contribution in [0.4, 0.5) is 0 Å². The van der Waals surface area contributed by atoms with Gasteiger partial charge < -0.3 is 34.9 Å². The second kappa shape index (κ2) is 32.2. The molecule has 5 N–H and O–H groups in total. The van der Waals surface area contributed by atoms with Gasteiger partial charge in [0.05, 0.1) is 45.6 Å². The Morgan fingerprint density at radius 2 is 0.711 bits per heavy atom. The Hall–Kier alpha value is -8.48. The number of carbonyl (C=O) groups excluding carboxylic acids is 1. The summed E-state index contributed by atoms with van der Waals surface area (Å²) in [5.41, 5.74) is 26.4. The number of nitrogens with zero attached hydrogens (tertiary/aromatic N) is 6. The first-order valence-electron chi connectivity index (χ1n) is 28.7. The molecule has 1 radical (unpaired) electrons. The van der Waals surface area contributed by atoms with E-state index in [4.69, 9.17) is 44.9 Å². The molecule has 11 heterocycles. The Balaban J connectivity index is 0.000000232. The molecule has 83 heavy (non-hydrogen) atoms. The summed E-state index contributed by atoms with van der Waals surface area (Å²) >= 11 is 0. The summed E-state index contributed by atoms with van der Waals surface area (Å²) in [6.07, 6.45) is 34.3. The zero-order valence-corrected chi connectivity index (χ0v) is 51.0. The van der Waals surface area contributed by atoms with Gasteiger partial charge in [-0.1, -0.05) is 93.5 Å². The number of carboxylic acid groups (broad SMARTS) is 2. The standard InChI is InChI=1S/C28H30N4.C28H28N4.C4H4N.C3H6O2.C3H6O.C2H4O2.Mn/c2*1-5-17-21-9-11-23(29-21)18(6-2)25-13-15-27(31-25)20(8-4)28-16-14-26(32-28)19(7-3)24-12-10-22(17)30-24;1-2-4-5-3-1;1-2-3(4)5;1-2-3-4;1-2(3)4;/h9-16,29-30H,5-8H2,1-4H3;9-16H,5-8H2,1-4H3;1-3,5H;2H2,1H3,(H,4,5);3H,2H2,1H3;1H3,(H,3,4);/q;-2;+1;;;;+2. The number of carboxylic acids is 2. The summed E-state index contributed by atoms with van der Waals surface area (Å²) in [5, 5.41) is 17.9. The van der Waals surface area contributed by atoms with E-state index in [9.17, 15) is 9.59 Å². The van der Waals surface area contributed by atoms with E-state index in [1.54, 1.807) is 6.92 Å². The number of rotatable bonds is 10. The SMILES string of the molecule is CC(=O)O.CCC(=O)O.CCC=O.CCc1c2nc(c(CC)c3ccc([n-]3)c(CC)c3nc(c(CC)c4ccc1[n-]4)C=C3)C=C2.CCc1c2nc(c(CC)c3ccc([nH]3)c(CC)c3ccc([nH]3)c(CC)c3nc1C=C3)C=C2.[C+]1=CC=CN1.[Mn+2]. The molecule has 15 heteroatoms. The molecule has 0 aromatic carbocycles. The van der Waals surface area contributed by atoms with Gasteiger partial charge in [-0.05, 0) is 152 Å². The molecular formula is C68H78MnN9O5+. The maximum absolute atomic E-state index is 9.37. The molecule has 0 unspecified atom stereocenters. The molecule has 5 aliphatic heterocycles. The van der Waals surface area contributed by atoms with E-state index in [2.05, 4.69) is 174 Å². The second-order valence-electron chi connectivity index (χ2n) is 19.2. The van der Waals surface area contributed by atoms with E-state index in [0.717, 1.165) is 154 Å². The van der Waals surface area contributed by atoms with Crippen molar-refractivity contribution >= 4 is 111 Å². The van der Waals surface area contributed by atoms with E-state index in [0.29, 0.717) is 6.42 Å². The number of allylic oxidation sites excluding steroid dienone is 2. The molecule has 0 aliphatic carbocycles. The van der Waals surface area contributed by atoms with E-state index in [1.165, 1.54) is 44.5 Å². The zero-order chi connectivity index (χ0) is 59.3. The topological polar surface area (TPSA) is 215 Å². The number of hydrogen-bond acceptors (Lipinski definition) is 8. The van der Waals surface area contributed by atoms with Crippen LogP contribution < -0.4 is 15.3 Å².